The van der Waals surface area contributed by atoms with E-state index in [2.05, 4.69) is 10.6 Å². The summed E-state index contributed by atoms with van der Waals surface area (Å²) in [5.74, 6) is 0.860. The van der Waals surface area contributed by atoms with Crippen LogP contribution in [0.3, 0.4) is 0 Å². The summed E-state index contributed by atoms with van der Waals surface area (Å²) < 4.78 is 5.11. The SMILES string of the molecule is CNCC1CCN(C(=O)c2ccccc2NC(=O)c2ccc(OC)cc2)C1.Cl. The molecule has 2 amide bonds. The fourth-order valence-corrected chi connectivity index (χ4v) is 3.36. The highest BCUT2D eigenvalue weighted by molar-refractivity contribution is 6.09. The van der Waals surface area contributed by atoms with E-state index in [0.717, 1.165) is 26.1 Å². The van der Waals surface area contributed by atoms with Crippen LogP contribution < -0.4 is 15.4 Å². The smallest absolute Gasteiger partial charge is 0.255 e. The first-order chi connectivity index (χ1) is 13.1. The van der Waals surface area contributed by atoms with Gasteiger partial charge < -0.3 is 20.3 Å². The molecule has 0 saturated carbocycles. The van der Waals surface area contributed by atoms with Gasteiger partial charge in [-0.2, -0.15) is 0 Å². The molecular formula is C21H26ClN3O3. The molecule has 2 aromatic rings. The van der Waals surface area contributed by atoms with Crippen LogP contribution in [-0.2, 0) is 0 Å². The number of likely N-dealkylation sites (tertiary alicyclic amines) is 1. The number of benzene rings is 2. The lowest BCUT2D eigenvalue weighted by molar-refractivity contribution is 0.0788. The Morgan fingerprint density at radius 1 is 1.14 bits per heavy atom. The summed E-state index contributed by atoms with van der Waals surface area (Å²) >= 11 is 0. The molecule has 0 aliphatic carbocycles. The number of hydrogen-bond acceptors (Lipinski definition) is 4. The number of methoxy groups -OCH3 is 1. The van der Waals surface area contributed by atoms with E-state index < -0.39 is 0 Å². The minimum atomic E-state index is -0.257. The van der Waals surface area contributed by atoms with Crippen LogP contribution in [0.25, 0.3) is 0 Å². The number of carbonyl (C=O) groups is 2. The van der Waals surface area contributed by atoms with Gasteiger partial charge in [0.1, 0.15) is 5.75 Å². The second kappa shape index (κ2) is 10.1. The predicted molar refractivity (Wildman–Crippen MR) is 113 cm³/mol. The summed E-state index contributed by atoms with van der Waals surface area (Å²) in [6, 6.07) is 14.0. The molecule has 3 rings (SSSR count). The summed E-state index contributed by atoms with van der Waals surface area (Å²) in [6.45, 7) is 2.38. The first kappa shape index (κ1) is 21.7. The number of rotatable bonds is 6. The van der Waals surface area contributed by atoms with E-state index in [4.69, 9.17) is 4.74 Å². The molecule has 1 aliphatic rings. The minimum Gasteiger partial charge on any atom is -0.497 e. The van der Waals surface area contributed by atoms with Gasteiger partial charge in [0.25, 0.3) is 11.8 Å². The van der Waals surface area contributed by atoms with Gasteiger partial charge in [-0.05, 0) is 62.3 Å². The number of nitrogens with zero attached hydrogens (tertiary/aromatic N) is 1. The molecule has 1 atom stereocenters. The van der Waals surface area contributed by atoms with Crippen LogP contribution in [0.2, 0.25) is 0 Å². The lowest BCUT2D eigenvalue weighted by Crippen LogP contribution is -2.31. The molecule has 1 heterocycles. The summed E-state index contributed by atoms with van der Waals surface area (Å²) in [4.78, 5) is 27.4. The quantitative estimate of drug-likeness (QED) is 0.777. The first-order valence-electron chi connectivity index (χ1n) is 9.10. The number of para-hydroxylation sites is 1. The molecule has 150 valence electrons. The van der Waals surface area contributed by atoms with Crippen molar-refractivity contribution in [3.8, 4) is 5.75 Å². The maximum atomic E-state index is 13.0. The van der Waals surface area contributed by atoms with E-state index in [0.29, 0.717) is 28.5 Å². The summed E-state index contributed by atoms with van der Waals surface area (Å²) in [5.41, 5.74) is 1.55. The molecule has 28 heavy (non-hydrogen) atoms. The van der Waals surface area contributed by atoms with Gasteiger partial charge in [-0.1, -0.05) is 12.1 Å². The van der Waals surface area contributed by atoms with Gasteiger partial charge >= 0.3 is 0 Å². The van der Waals surface area contributed by atoms with Crippen molar-refractivity contribution in [2.24, 2.45) is 5.92 Å². The summed E-state index contributed by atoms with van der Waals surface area (Å²) in [5, 5.41) is 6.03. The van der Waals surface area contributed by atoms with Gasteiger partial charge in [0.05, 0.1) is 18.4 Å². The van der Waals surface area contributed by atoms with E-state index in [-0.39, 0.29) is 24.2 Å². The van der Waals surface area contributed by atoms with E-state index in [1.165, 1.54) is 0 Å². The minimum absolute atomic E-state index is 0. The number of halogens is 1. The number of amides is 2. The van der Waals surface area contributed by atoms with Gasteiger partial charge in [-0.25, -0.2) is 0 Å². The normalized spacial score (nSPS) is 15.6. The summed E-state index contributed by atoms with van der Waals surface area (Å²) in [7, 11) is 3.50. The molecule has 0 bridgehead atoms. The second-order valence-electron chi connectivity index (χ2n) is 6.69. The van der Waals surface area contributed by atoms with Crippen LogP contribution in [0.15, 0.2) is 48.5 Å². The molecule has 1 unspecified atom stereocenters. The largest absolute Gasteiger partial charge is 0.497 e. The molecule has 0 radical (unpaired) electrons. The Balaban J connectivity index is 0.00000280. The molecule has 6 nitrogen and oxygen atoms in total. The van der Waals surface area contributed by atoms with Crippen molar-refractivity contribution in [1.82, 2.24) is 10.2 Å². The highest BCUT2D eigenvalue weighted by atomic mass is 35.5. The van der Waals surface area contributed by atoms with Crippen molar-refractivity contribution in [1.29, 1.82) is 0 Å². The van der Waals surface area contributed by atoms with Crippen LogP contribution in [0.5, 0.6) is 5.75 Å². The highest BCUT2D eigenvalue weighted by Crippen LogP contribution is 2.23. The van der Waals surface area contributed by atoms with Crippen LogP contribution >= 0.6 is 12.4 Å². The number of hydrogen-bond donors (Lipinski definition) is 2. The molecule has 1 fully saturated rings. The number of anilines is 1. The zero-order valence-corrected chi connectivity index (χ0v) is 16.9. The van der Waals surface area contributed by atoms with E-state index in [9.17, 15) is 9.59 Å². The van der Waals surface area contributed by atoms with E-state index in [1.807, 2.05) is 24.1 Å². The fraction of sp³-hybridized carbons (Fsp3) is 0.333. The maximum absolute atomic E-state index is 13.0. The zero-order valence-electron chi connectivity index (χ0n) is 16.1. The molecule has 1 saturated heterocycles. The average Bonchev–Trinajstić information content (AvgIpc) is 3.17. The van der Waals surface area contributed by atoms with Crippen LogP contribution in [0.1, 0.15) is 27.1 Å². The van der Waals surface area contributed by atoms with Gasteiger partial charge in [0.2, 0.25) is 0 Å². The lowest BCUT2D eigenvalue weighted by Gasteiger charge is -2.19. The van der Waals surface area contributed by atoms with Crippen molar-refractivity contribution < 1.29 is 14.3 Å². The fourth-order valence-electron chi connectivity index (χ4n) is 3.36. The molecule has 0 spiro atoms. The Hall–Kier alpha value is -2.57. The van der Waals surface area contributed by atoms with E-state index in [1.54, 1.807) is 43.5 Å². The average molecular weight is 404 g/mol. The van der Waals surface area contributed by atoms with Crippen molar-refractivity contribution in [2.75, 3.05) is 39.1 Å². The Labute approximate surface area is 171 Å². The molecule has 2 aromatic carbocycles. The third-order valence-corrected chi connectivity index (χ3v) is 4.82. The zero-order chi connectivity index (χ0) is 19.2. The van der Waals surface area contributed by atoms with Gasteiger partial charge in [-0.3, -0.25) is 9.59 Å². The topological polar surface area (TPSA) is 70.7 Å². The van der Waals surface area contributed by atoms with E-state index >= 15 is 0 Å². The Bertz CT molecular complexity index is 811. The van der Waals surface area contributed by atoms with Gasteiger partial charge in [0.15, 0.2) is 0 Å². The molecule has 1 aliphatic heterocycles. The third-order valence-electron chi connectivity index (χ3n) is 4.82. The van der Waals surface area contributed by atoms with Crippen LogP contribution in [0, 0.1) is 5.92 Å². The third kappa shape index (κ3) is 5.03. The number of carbonyl (C=O) groups excluding carboxylic acids is 2. The number of ether oxygens (including phenoxy) is 1. The standard InChI is InChI=1S/C21H25N3O3.ClH/c1-22-13-15-11-12-24(14-15)21(26)18-5-3-4-6-19(18)23-20(25)16-7-9-17(27-2)10-8-16;/h3-10,15,22H,11-14H2,1-2H3,(H,23,25);1H. The van der Waals surface area contributed by atoms with Crippen molar-refractivity contribution in [3.05, 3.63) is 59.7 Å². The molecule has 7 heteroatoms. The maximum Gasteiger partial charge on any atom is 0.255 e. The summed E-state index contributed by atoms with van der Waals surface area (Å²) in [6.07, 6.45) is 0.993. The Morgan fingerprint density at radius 3 is 2.54 bits per heavy atom. The Morgan fingerprint density at radius 2 is 1.86 bits per heavy atom. The van der Waals surface area contributed by atoms with Crippen molar-refractivity contribution in [3.63, 3.8) is 0 Å². The van der Waals surface area contributed by atoms with Gasteiger partial charge in [-0.15, -0.1) is 12.4 Å². The lowest BCUT2D eigenvalue weighted by atomic mass is 10.1. The van der Waals surface area contributed by atoms with Crippen molar-refractivity contribution in [2.45, 2.75) is 6.42 Å². The second-order valence-corrected chi connectivity index (χ2v) is 6.69. The first-order valence-corrected chi connectivity index (χ1v) is 9.10. The monoisotopic (exact) mass is 403 g/mol. The van der Waals surface area contributed by atoms with Gasteiger partial charge in [0, 0.05) is 18.7 Å². The predicted octanol–water partition coefficient (Wildman–Crippen LogP) is 3.05. The van der Waals surface area contributed by atoms with Crippen LogP contribution in [-0.4, -0.2) is 50.5 Å². The van der Waals surface area contributed by atoms with Crippen molar-refractivity contribution >= 4 is 29.9 Å². The Kier molecular flexibility index (Phi) is 7.84. The number of nitrogens with one attached hydrogen (secondary N) is 2. The highest BCUT2D eigenvalue weighted by Gasteiger charge is 2.27. The molecular weight excluding hydrogens is 378 g/mol. The van der Waals surface area contributed by atoms with Crippen LogP contribution in [0.4, 0.5) is 5.69 Å². The molecule has 2 N–H and O–H groups in total. The molecule has 0 aromatic heterocycles.